The van der Waals surface area contributed by atoms with Crippen LogP contribution < -0.4 is 16.2 Å². The first kappa shape index (κ1) is 20.5. The lowest BCUT2D eigenvalue weighted by atomic mass is 10.2. The second kappa shape index (κ2) is 9.31. The van der Waals surface area contributed by atoms with E-state index in [2.05, 4.69) is 20.6 Å². The van der Waals surface area contributed by atoms with E-state index >= 15 is 0 Å². The maximum Gasteiger partial charge on any atom is 0.321 e. The summed E-state index contributed by atoms with van der Waals surface area (Å²) in [6.45, 7) is 1.40. The van der Waals surface area contributed by atoms with E-state index in [1.165, 1.54) is 6.92 Å². The smallest absolute Gasteiger partial charge is 0.321 e. The third-order valence-corrected chi connectivity index (χ3v) is 4.83. The van der Waals surface area contributed by atoms with Crippen LogP contribution in [0.5, 0.6) is 0 Å². The molecule has 2 aromatic rings. The average molecular weight is 400 g/mol. The molecule has 0 aliphatic heterocycles. The number of nitrogens with one attached hydrogen (secondary N) is 3. The standard InChI is InChI=1S/C20H24N4O5/c1-12(18(26)24-20(28)21-13-6-2-3-7-13)29-17(25)11-10-16-22-15-9-5-4-8-14(15)19(27)23-16/h4-5,8-9,12-13H,2-3,6-7,10-11H2,1H3,(H,22,23,27)(H2,21,24,26,28)/t12-/m0/s1. The summed E-state index contributed by atoms with van der Waals surface area (Å²) in [5.41, 5.74) is 0.264. The number of carbonyl (C=O) groups excluding carboxylic acids is 3. The third-order valence-electron chi connectivity index (χ3n) is 4.83. The number of aryl methyl sites for hydroxylation is 1. The van der Waals surface area contributed by atoms with Crippen molar-refractivity contribution in [2.24, 2.45) is 0 Å². The molecule has 29 heavy (non-hydrogen) atoms. The predicted octanol–water partition coefficient (Wildman–Crippen LogP) is 1.56. The zero-order valence-corrected chi connectivity index (χ0v) is 16.2. The van der Waals surface area contributed by atoms with Crippen molar-refractivity contribution in [3.05, 3.63) is 40.4 Å². The van der Waals surface area contributed by atoms with Gasteiger partial charge in [0.1, 0.15) is 5.82 Å². The van der Waals surface area contributed by atoms with Crippen LogP contribution in [0.1, 0.15) is 44.9 Å². The number of aromatic amines is 1. The van der Waals surface area contributed by atoms with Crippen LogP contribution in [-0.4, -0.2) is 40.0 Å². The van der Waals surface area contributed by atoms with Crippen LogP contribution in [0.3, 0.4) is 0 Å². The number of hydrogen-bond acceptors (Lipinski definition) is 6. The van der Waals surface area contributed by atoms with E-state index in [0.717, 1.165) is 25.7 Å². The number of rotatable bonds is 6. The van der Waals surface area contributed by atoms with Gasteiger partial charge in [-0.1, -0.05) is 25.0 Å². The SMILES string of the molecule is C[C@H](OC(=O)CCc1nc2ccccc2c(=O)[nH]1)C(=O)NC(=O)NC1CCCC1. The van der Waals surface area contributed by atoms with Crippen LogP contribution in [-0.2, 0) is 20.7 Å². The number of fused-ring (bicyclic) bond motifs is 1. The number of H-pyrrole nitrogens is 1. The predicted molar refractivity (Wildman–Crippen MR) is 105 cm³/mol. The van der Waals surface area contributed by atoms with Gasteiger partial charge in [0.25, 0.3) is 11.5 Å². The lowest BCUT2D eigenvalue weighted by Crippen LogP contribution is -2.47. The van der Waals surface area contributed by atoms with Gasteiger partial charge in [-0.15, -0.1) is 0 Å². The normalized spacial score (nSPS) is 15.1. The molecule has 1 aliphatic carbocycles. The number of para-hydroxylation sites is 1. The van der Waals surface area contributed by atoms with Gasteiger partial charge in [-0.3, -0.25) is 19.7 Å². The number of hydrogen-bond donors (Lipinski definition) is 3. The van der Waals surface area contributed by atoms with Gasteiger partial charge in [0.2, 0.25) is 0 Å². The van der Waals surface area contributed by atoms with E-state index in [9.17, 15) is 19.2 Å². The molecule has 1 aromatic carbocycles. The Morgan fingerprint density at radius 3 is 2.72 bits per heavy atom. The van der Waals surface area contributed by atoms with Crippen molar-refractivity contribution >= 4 is 28.8 Å². The average Bonchev–Trinajstić information content (AvgIpc) is 3.19. The number of urea groups is 1. The van der Waals surface area contributed by atoms with Crippen molar-refractivity contribution < 1.29 is 19.1 Å². The zero-order chi connectivity index (χ0) is 20.8. The van der Waals surface area contributed by atoms with Crippen molar-refractivity contribution in [1.82, 2.24) is 20.6 Å². The van der Waals surface area contributed by atoms with Gasteiger partial charge in [-0.25, -0.2) is 9.78 Å². The van der Waals surface area contributed by atoms with Gasteiger partial charge in [0.05, 0.1) is 17.3 Å². The summed E-state index contributed by atoms with van der Waals surface area (Å²) in [7, 11) is 0. The first-order valence-corrected chi connectivity index (χ1v) is 9.71. The Labute approximate surface area is 167 Å². The van der Waals surface area contributed by atoms with Crippen LogP contribution in [0.25, 0.3) is 10.9 Å². The molecule has 154 valence electrons. The minimum Gasteiger partial charge on any atom is -0.453 e. The van der Waals surface area contributed by atoms with E-state index in [-0.39, 0.29) is 24.4 Å². The summed E-state index contributed by atoms with van der Waals surface area (Å²) >= 11 is 0. The summed E-state index contributed by atoms with van der Waals surface area (Å²) in [5, 5.41) is 5.39. The van der Waals surface area contributed by atoms with E-state index < -0.39 is 24.0 Å². The van der Waals surface area contributed by atoms with E-state index in [1.54, 1.807) is 24.3 Å². The molecule has 0 bridgehead atoms. The highest BCUT2D eigenvalue weighted by Gasteiger charge is 2.22. The topological polar surface area (TPSA) is 130 Å². The molecule has 0 saturated heterocycles. The van der Waals surface area contributed by atoms with Crippen molar-refractivity contribution in [2.75, 3.05) is 0 Å². The van der Waals surface area contributed by atoms with Gasteiger partial charge >= 0.3 is 12.0 Å². The van der Waals surface area contributed by atoms with Crippen molar-refractivity contribution in [1.29, 1.82) is 0 Å². The maximum absolute atomic E-state index is 12.0. The zero-order valence-electron chi connectivity index (χ0n) is 16.2. The molecular weight excluding hydrogens is 376 g/mol. The summed E-state index contributed by atoms with van der Waals surface area (Å²) < 4.78 is 5.07. The molecule has 3 amide bonds. The molecule has 3 N–H and O–H groups in total. The van der Waals surface area contributed by atoms with Crippen LogP contribution >= 0.6 is 0 Å². The number of imide groups is 1. The second-order valence-corrected chi connectivity index (χ2v) is 7.11. The first-order chi connectivity index (χ1) is 13.9. The fraction of sp³-hybridized carbons (Fsp3) is 0.450. The van der Waals surface area contributed by atoms with Crippen molar-refractivity contribution in [3.63, 3.8) is 0 Å². The number of nitrogens with zero attached hydrogens (tertiary/aromatic N) is 1. The monoisotopic (exact) mass is 400 g/mol. The molecule has 1 fully saturated rings. The van der Waals surface area contributed by atoms with E-state index in [0.29, 0.717) is 16.7 Å². The molecule has 9 nitrogen and oxygen atoms in total. The number of carbonyl (C=O) groups is 3. The molecule has 9 heteroatoms. The van der Waals surface area contributed by atoms with Gasteiger partial charge < -0.3 is 15.0 Å². The number of benzene rings is 1. The fourth-order valence-electron chi connectivity index (χ4n) is 3.29. The Kier molecular flexibility index (Phi) is 6.58. The van der Waals surface area contributed by atoms with Gasteiger partial charge in [-0.2, -0.15) is 0 Å². The van der Waals surface area contributed by atoms with Crippen LogP contribution in [0.2, 0.25) is 0 Å². The Morgan fingerprint density at radius 1 is 1.24 bits per heavy atom. The molecule has 3 rings (SSSR count). The first-order valence-electron chi connectivity index (χ1n) is 9.71. The molecule has 0 spiro atoms. The summed E-state index contributed by atoms with van der Waals surface area (Å²) in [4.78, 5) is 54.9. The highest BCUT2D eigenvalue weighted by atomic mass is 16.5. The summed E-state index contributed by atoms with van der Waals surface area (Å²) in [6, 6.07) is 6.41. The molecule has 0 unspecified atom stereocenters. The van der Waals surface area contributed by atoms with E-state index in [1.807, 2.05) is 0 Å². The largest absolute Gasteiger partial charge is 0.453 e. The van der Waals surface area contributed by atoms with Crippen LogP contribution in [0.15, 0.2) is 29.1 Å². The van der Waals surface area contributed by atoms with Crippen LogP contribution in [0, 0.1) is 0 Å². The Balaban J connectivity index is 1.46. The molecule has 1 saturated carbocycles. The minimum atomic E-state index is -1.11. The molecule has 1 heterocycles. The Bertz CT molecular complexity index is 965. The lowest BCUT2D eigenvalue weighted by Gasteiger charge is -2.15. The summed E-state index contributed by atoms with van der Waals surface area (Å²) in [6.07, 6.45) is 2.91. The molecular formula is C20H24N4O5. The van der Waals surface area contributed by atoms with Gasteiger partial charge in [0.15, 0.2) is 6.10 Å². The fourth-order valence-corrected chi connectivity index (χ4v) is 3.29. The molecule has 1 aromatic heterocycles. The second-order valence-electron chi connectivity index (χ2n) is 7.11. The van der Waals surface area contributed by atoms with Crippen molar-refractivity contribution in [2.45, 2.75) is 57.6 Å². The molecule has 1 aliphatic rings. The van der Waals surface area contributed by atoms with E-state index in [4.69, 9.17) is 4.74 Å². The maximum atomic E-state index is 12.0. The summed E-state index contributed by atoms with van der Waals surface area (Å²) in [5.74, 6) is -0.954. The molecule has 0 radical (unpaired) electrons. The number of ether oxygens (including phenoxy) is 1. The number of esters is 1. The minimum absolute atomic E-state index is 0.0623. The number of aromatic nitrogens is 2. The number of amides is 3. The van der Waals surface area contributed by atoms with Crippen molar-refractivity contribution in [3.8, 4) is 0 Å². The van der Waals surface area contributed by atoms with Gasteiger partial charge in [-0.05, 0) is 31.9 Å². The highest BCUT2D eigenvalue weighted by Crippen LogP contribution is 2.17. The van der Waals surface area contributed by atoms with Crippen LogP contribution in [0.4, 0.5) is 4.79 Å². The Hall–Kier alpha value is -3.23. The third kappa shape index (κ3) is 5.63. The quantitative estimate of drug-likeness (QED) is 0.631. The Morgan fingerprint density at radius 2 is 1.97 bits per heavy atom. The van der Waals surface area contributed by atoms with Gasteiger partial charge in [0, 0.05) is 12.5 Å². The molecule has 1 atom stereocenters. The highest BCUT2D eigenvalue weighted by molar-refractivity contribution is 5.97. The lowest BCUT2D eigenvalue weighted by molar-refractivity contribution is -0.154.